The summed E-state index contributed by atoms with van der Waals surface area (Å²) in [7, 11) is -3.09. The Morgan fingerprint density at radius 2 is 2.19 bits per heavy atom. The van der Waals surface area contributed by atoms with Crippen molar-refractivity contribution in [3.8, 4) is 0 Å². The van der Waals surface area contributed by atoms with E-state index in [0.29, 0.717) is 19.1 Å². The van der Waals surface area contributed by atoms with Crippen molar-refractivity contribution in [2.45, 2.75) is 38.8 Å². The molecule has 96 valence electrons. The van der Waals surface area contributed by atoms with E-state index in [2.05, 4.69) is 10.0 Å². The lowest BCUT2D eigenvalue weighted by molar-refractivity contribution is 0.0137. The van der Waals surface area contributed by atoms with Gasteiger partial charge in [0.2, 0.25) is 10.0 Å². The van der Waals surface area contributed by atoms with Gasteiger partial charge in [-0.1, -0.05) is 6.92 Å². The fourth-order valence-electron chi connectivity index (χ4n) is 1.87. The smallest absolute Gasteiger partial charge is 0.212 e. The van der Waals surface area contributed by atoms with Gasteiger partial charge in [-0.2, -0.15) is 0 Å². The van der Waals surface area contributed by atoms with Crippen molar-refractivity contribution in [3.63, 3.8) is 0 Å². The summed E-state index contributed by atoms with van der Waals surface area (Å²) in [6.45, 7) is 5.55. The van der Waals surface area contributed by atoms with Gasteiger partial charge in [-0.05, 0) is 19.8 Å². The summed E-state index contributed by atoms with van der Waals surface area (Å²) in [5, 5.41) is 3.27. The quantitative estimate of drug-likeness (QED) is 0.701. The van der Waals surface area contributed by atoms with Gasteiger partial charge in [0.05, 0.1) is 11.9 Å². The normalized spacial score (nSPS) is 26.9. The third-order valence-corrected chi connectivity index (χ3v) is 4.12. The summed E-state index contributed by atoms with van der Waals surface area (Å²) in [6.07, 6.45) is 2.20. The van der Waals surface area contributed by atoms with Crippen LogP contribution in [-0.2, 0) is 14.8 Å². The minimum Gasteiger partial charge on any atom is -0.378 e. The topological polar surface area (TPSA) is 67.4 Å². The van der Waals surface area contributed by atoms with Crippen molar-refractivity contribution >= 4 is 10.0 Å². The molecular formula is C10H22N2O3S. The number of nitrogens with one attached hydrogen (secondary N) is 2. The number of sulfonamides is 1. The van der Waals surface area contributed by atoms with Crippen LogP contribution in [0.4, 0.5) is 0 Å². The maximum absolute atomic E-state index is 11.4. The molecule has 0 aromatic heterocycles. The highest BCUT2D eigenvalue weighted by atomic mass is 32.2. The second-order valence-electron chi connectivity index (χ2n) is 4.17. The molecule has 1 rings (SSSR count). The zero-order valence-corrected chi connectivity index (χ0v) is 10.8. The Kier molecular flexibility index (Phi) is 5.68. The molecule has 1 aliphatic rings. The van der Waals surface area contributed by atoms with Crippen LogP contribution in [0.3, 0.4) is 0 Å². The molecule has 1 aliphatic heterocycles. The Hall–Kier alpha value is -0.170. The summed E-state index contributed by atoms with van der Waals surface area (Å²) >= 11 is 0. The summed E-state index contributed by atoms with van der Waals surface area (Å²) in [5.74, 6) is 0.145. The summed E-state index contributed by atoms with van der Waals surface area (Å²) in [4.78, 5) is 0. The molecule has 0 aliphatic carbocycles. The molecule has 2 N–H and O–H groups in total. The molecule has 5 nitrogen and oxygen atoms in total. The number of hydrogen-bond acceptors (Lipinski definition) is 4. The number of ether oxygens (including phenoxy) is 1. The molecule has 0 amide bonds. The molecule has 2 atom stereocenters. The van der Waals surface area contributed by atoms with Gasteiger partial charge in [0.1, 0.15) is 0 Å². The molecule has 0 spiro atoms. The second kappa shape index (κ2) is 6.54. The first-order chi connectivity index (χ1) is 7.53. The first-order valence-corrected chi connectivity index (χ1v) is 7.51. The summed E-state index contributed by atoms with van der Waals surface area (Å²) in [6, 6.07) is 0.389. The van der Waals surface area contributed by atoms with Crippen LogP contribution >= 0.6 is 0 Å². The van der Waals surface area contributed by atoms with Crippen molar-refractivity contribution in [2.75, 3.05) is 25.4 Å². The largest absolute Gasteiger partial charge is 0.378 e. The second-order valence-corrected chi connectivity index (χ2v) is 6.10. The summed E-state index contributed by atoms with van der Waals surface area (Å²) in [5.41, 5.74) is 0. The maximum Gasteiger partial charge on any atom is 0.212 e. The van der Waals surface area contributed by atoms with Crippen molar-refractivity contribution in [3.05, 3.63) is 0 Å². The maximum atomic E-state index is 11.4. The Labute approximate surface area is 98.0 Å². The van der Waals surface area contributed by atoms with Crippen molar-refractivity contribution in [2.24, 2.45) is 0 Å². The fraction of sp³-hybridized carbons (Fsp3) is 1.00. The van der Waals surface area contributed by atoms with Crippen LogP contribution in [0.2, 0.25) is 0 Å². The number of hydrogen-bond donors (Lipinski definition) is 2. The minimum atomic E-state index is -3.09. The van der Waals surface area contributed by atoms with Gasteiger partial charge in [0, 0.05) is 25.7 Å². The monoisotopic (exact) mass is 250 g/mol. The molecule has 1 heterocycles. The van der Waals surface area contributed by atoms with Gasteiger partial charge in [-0.25, -0.2) is 13.1 Å². The van der Waals surface area contributed by atoms with Gasteiger partial charge >= 0.3 is 0 Å². The Morgan fingerprint density at radius 3 is 2.81 bits per heavy atom. The van der Waals surface area contributed by atoms with E-state index in [1.807, 2.05) is 6.92 Å². The highest BCUT2D eigenvalue weighted by Gasteiger charge is 2.19. The third kappa shape index (κ3) is 5.25. The molecule has 0 radical (unpaired) electrons. The lowest BCUT2D eigenvalue weighted by atomic mass is 10.0. The van der Waals surface area contributed by atoms with Crippen LogP contribution in [0, 0.1) is 0 Å². The van der Waals surface area contributed by atoms with Gasteiger partial charge in [-0.3, -0.25) is 0 Å². The highest BCUT2D eigenvalue weighted by molar-refractivity contribution is 7.89. The zero-order chi connectivity index (χ0) is 12.0. The summed E-state index contributed by atoms with van der Waals surface area (Å²) < 4.78 is 30.6. The third-order valence-electron chi connectivity index (χ3n) is 2.65. The predicted octanol–water partition coefficient (Wildman–Crippen LogP) is 0.0828. The van der Waals surface area contributed by atoms with E-state index in [1.165, 1.54) is 0 Å². The van der Waals surface area contributed by atoms with E-state index in [1.54, 1.807) is 6.92 Å². The van der Waals surface area contributed by atoms with Crippen molar-refractivity contribution < 1.29 is 13.2 Å². The van der Waals surface area contributed by atoms with Crippen LogP contribution in [0.5, 0.6) is 0 Å². The molecular weight excluding hydrogens is 228 g/mol. The Morgan fingerprint density at radius 1 is 1.44 bits per heavy atom. The average Bonchev–Trinajstić information content (AvgIpc) is 2.17. The predicted molar refractivity (Wildman–Crippen MR) is 63.9 cm³/mol. The fourth-order valence-corrected chi connectivity index (χ4v) is 2.84. The first-order valence-electron chi connectivity index (χ1n) is 5.86. The molecule has 16 heavy (non-hydrogen) atoms. The Bertz CT molecular complexity index is 292. The lowest BCUT2D eigenvalue weighted by Crippen LogP contribution is -2.41. The van der Waals surface area contributed by atoms with Crippen LogP contribution < -0.4 is 10.0 Å². The van der Waals surface area contributed by atoms with E-state index in [0.717, 1.165) is 19.4 Å². The van der Waals surface area contributed by atoms with E-state index in [4.69, 9.17) is 4.74 Å². The van der Waals surface area contributed by atoms with Crippen LogP contribution in [-0.4, -0.2) is 46.0 Å². The molecule has 0 aromatic carbocycles. The SMILES string of the molecule is CCNS(=O)(=O)CCNC1CCOC(C)C1. The number of rotatable bonds is 6. The minimum absolute atomic E-state index is 0.145. The molecule has 2 unspecified atom stereocenters. The average molecular weight is 250 g/mol. The standard InChI is InChI=1S/C10H22N2O3S/c1-3-12-16(13,14)7-5-11-10-4-6-15-9(2)8-10/h9-12H,3-8H2,1-2H3. The highest BCUT2D eigenvalue weighted by Crippen LogP contribution is 2.12. The first kappa shape index (κ1) is 13.9. The van der Waals surface area contributed by atoms with Crippen LogP contribution in [0.15, 0.2) is 0 Å². The van der Waals surface area contributed by atoms with E-state index in [9.17, 15) is 8.42 Å². The van der Waals surface area contributed by atoms with Gasteiger partial charge < -0.3 is 10.1 Å². The lowest BCUT2D eigenvalue weighted by Gasteiger charge is -2.28. The molecule has 0 saturated carbocycles. The zero-order valence-electron chi connectivity index (χ0n) is 10.0. The van der Waals surface area contributed by atoms with Gasteiger partial charge in [0.25, 0.3) is 0 Å². The van der Waals surface area contributed by atoms with E-state index >= 15 is 0 Å². The van der Waals surface area contributed by atoms with Gasteiger partial charge in [-0.15, -0.1) is 0 Å². The van der Waals surface area contributed by atoms with E-state index in [-0.39, 0.29) is 11.9 Å². The van der Waals surface area contributed by atoms with Crippen LogP contribution in [0.1, 0.15) is 26.7 Å². The van der Waals surface area contributed by atoms with Gasteiger partial charge in [0.15, 0.2) is 0 Å². The molecule has 6 heteroatoms. The van der Waals surface area contributed by atoms with Crippen molar-refractivity contribution in [1.82, 2.24) is 10.0 Å². The molecule has 0 aromatic rings. The molecule has 1 fully saturated rings. The Balaban J connectivity index is 2.19. The molecule has 0 bridgehead atoms. The van der Waals surface area contributed by atoms with E-state index < -0.39 is 10.0 Å². The van der Waals surface area contributed by atoms with Crippen LogP contribution in [0.25, 0.3) is 0 Å². The van der Waals surface area contributed by atoms with Crippen molar-refractivity contribution in [1.29, 1.82) is 0 Å². The molecule has 1 saturated heterocycles.